The molecular formula is C18H11Cl2FN4OS. The first-order valence-corrected chi connectivity index (χ1v) is 9.43. The van der Waals surface area contributed by atoms with Gasteiger partial charge in [-0.1, -0.05) is 41.4 Å². The number of para-hydroxylation sites is 1. The van der Waals surface area contributed by atoms with Crippen LogP contribution in [0, 0.1) is 12.7 Å². The number of carbonyl (C=O) groups excluding carboxylic acids is 1. The minimum absolute atomic E-state index is 0.112. The van der Waals surface area contributed by atoms with Crippen molar-refractivity contribution in [2.45, 2.75) is 6.92 Å². The van der Waals surface area contributed by atoms with Crippen LogP contribution in [0.2, 0.25) is 10.3 Å². The molecule has 3 heterocycles. The van der Waals surface area contributed by atoms with Crippen LogP contribution in [-0.2, 0) is 0 Å². The van der Waals surface area contributed by atoms with Crippen molar-refractivity contribution < 1.29 is 9.18 Å². The highest BCUT2D eigenvalue weighted by Gasteiger charge is 2.18. The van der Waals surface area contributed by atoms with Crippen LogP contribution < -0.4 is 5.32 Å². The van der Waals surface area contributed by atoms with E-state index in [2.05, 4.69) is 20.3 Å². The number of hydrogen-bond donors (Lipinski definition) is 2. The molecule has 0 spiro atoms. The summed E-state index contributed by atoms with van der Waals surface area (Å²) in [4.78, 5) is 23.8. The molecular weight excluding hydrogens is 410 g/mol. The molecule has 0 aliphatic rings. The van der Waals surface area contributed by atoms with E-state index in [0.29, 0.717) is 5.13 Å². The van der Waals surface area contributed by atoms with Gasteiger partial charge in [0.05, 0.1) is 11.3 Å². The number of amides is 1. The maximum Gasteiger partial charge on any atom is 0.260 e. The van der Waals surface area contributed by atoms with Gasteiger partial charge in [0.1, 0.15) is 5.15 Å². The molecule has 1 amide bonds. The number of nitrogens with one attached hydrogen (secondary N) is 2. The van der Waals surface area contributed by atoms with Gasteiger partial charge in [0.25, 0.3) is 5.91 Å². The lowest BCUT2D eigenvalue weighted by Crippen LogP contribution is -2.13. The number of hydrogen-bond acceptors (Lipinski definition) is 4. The fourth-order valence-electron chi connectivity index (χ4n) is 2.82. The Balaban J connectivity index is 1.64. The van der Waals surface area contributed by atoms with Crippen LogP contribution in [0.3, 0.4) is 0 Å². The molecule has 0 atom stereocenters. The van der Waals surface area contributed by atoms with Crippen molar-refractivity contribution in [1.29, 1.82) is 0 Å². The summed E-state index contributed by atoms with van der Waals surface area (Å²) in [6.45, 7) is 1.97. The Labute approximate surface area is 167 Å². The third-order valence-electron chi connectivity index (χ3n) is 4.01. The molecule has 1 aromatic carbocycles. The maximum atomic E-state index is 13.6. The van der Waals surface area contributed by atoms with E-state index < -0.39 is 11.7 Å². The van der Waals surface area contributed by atoms with Crippen molar-refractivity contribution in [3.05, 3.63) is 63.1 Å². The summed E-state index contributed by atoms with van der Waals surface area (Å²) in [6.07, 6.45) is 0. The number of rotatable bonds is 3. The highest BCUT2D eigenvalue weighted by Crippen LogP contribution is 2.34. The summed E-state index contributed by atoms with van der Waals surface area (Å²) in [5.74, 6) is -1.43. The largest absolute Gasteiger partial charge is 0.358 e. The van der Waals surface area contributed by atoms with E-state index in [1.54, 1.807) is 0 Å². The first-order valence-electron chi connectivity index (χ1n) is 7.80. The van der Waals surface area contributed by atoms with Gasteiger partial charge in [-0.25, -0.2) is 14.4 Å². The zero-order chi connectivity index (χ0) is 19.1. The molecule has 0 unspecified atom stereocenters. The molecule has 3 aromatic heterocycles. The van der Waals surface area contributed by atoms with Crippen LogP contribution in [0.5, 0.6) is 0 Å². The predicted octanol–water partition coefficient (Wildman–Crippen LogP) is 5.69. The summed E-state index contributed by atoms with van der Waals surface area (Å²) in [5, 5.41) is 5.32. The van der Waals surface area contributed by atoms with Gasteiger partial charge in [0.2, 0.25) is 0 Å². The lowest BCUT2D eigenvalue weighted by atomic mass is 10.1. The zero-order valence-corrected chi connectivity index (χ0v) is 16.1. The van der Waals surface area contributed by atoms with Gasteiger partial charge >= 0.3 is 0 Å². The second-order valence-electron chi connectivity index (χ2n) is 5.76. The molecule has 136 valence electrons. The summed E-state index contributed by atoms with van der Waals surface area (Å²) in [7, 11) is 0. The minimum atomic E-state index is -0.819. The number of H-pyrrole nitrogens is 1. The molecule has 27 heavy (non-hydrogen) atoms. The van der Waals surface area contributed by atoms with Gasteiger partial charge in [0.15, 0.2) is 16.1 Å². The fourth-order valence-corrected chi connectivity index (χ4v) is 3.93. The molecule has 4 aromatic rings. The van der Waals surface area contributed by atoms with Crippen molar-refractivity contribution in [1.82, 2.24) is 15.0 Å². The van der Waals surface area contributed by atoms with Gasteiger partial charge < -0.3 is 4.98 Å². The van der Waals surface area contributed by atoms with Crippen molar-refractivity contribution in [2.75, 3.05) is 5.32 Å². The summed E-state index contributed by atoms with van der Waals surface area (Å²) in [6, 6.07) is 8.86. The second-order valence-corrected chi connectivity index (χ2v) is 7.34. The molecule has 0 saturated heterocycles. The Hall–Kier alpha value is -2.48. The number of aromatic nitrogens is 3. The zero-order valence-electron chi connectivity index (χ0n) is 13.8. The van der Waals surface area contributed by atoms with E-state index >= 15 is 0 Å². The Morgan fingerprint density at radius 2 is 2.00 bits per heavy atom. The molecule has 0 bridgehead atoms. The number of anilines is 1. The van der Waals surface area contributed by atoms with Crippen LogP contribution in [0.25, 0.3) is 22.2 Å². The third kappa shape index (κ3) is 3.29. The number of aryl methyl sites for hydroxylation is 1. The number of aromatic amines is 1. The molecule has 5 nitrogen and oxygen atoms in total. The number of nitrogens with zero attached hydrogens (tertiary/aromatic N) is 2. The number of thiazole rings is 1. The standard InChI is InChI=1S/C18H11Cl2FN4OS/c1-8-14(9-4-2-3-5-12(9)22-8)13-7-27-18(23-13)25-17(26)10-6-11(21)16(20)24-15(10)19/h2-7,22H,1H3,(H,23,25,26). The Morgan fingerprint density at radius 3 is 2.81 bits per heavy atom. The molecule has 2 N–H and O–H groups in total. The highest BCUT2D eigenvalue weighted by molar-refractivity contribution is 7.14. The average molecular weight is 421 g/mol. The van der Waals surface area contributed by atoms with Gasteiger partial charge in [0, 0.05) is 27.5 Å². The second kappa shape index (κ2) is 6.92. The smallest absolute Gasteiger partial charge is 0.260 e. The van der Waals surface area contributed by atoms with Gasteiger partial charge in [-0.3, -0.25) is 10.1 Å². The van der Waals surface area contributed by atoms with Crippen molar-refractivity contribution in [2.24, 2.45) is 0 Å². The van der Waals surface area contributed by atoms with Crippen molar-refractivity contribution in [3.8, 4) is 11.3 Å². The Kier molecular flexibility index (Phi) is 4.59. The van der Waals surface area contributed by atoms with Crippen LogP contribution >= 0.6 is 34.5 Å². The molecule has 9 heteroatoms. The van der Waals surface area contributed by atoms with Crippen molar-refractivity contribution >= 4 is 56.5 Å². The Morgan fingerprint density at radius 1 is 1.22 bits per heavy atom. The van der Waals surface area contributed by atoms with Crippen LogP contribution in [0.4, 0.5) is 9.52 Å². The molecule has 0 saturated carbocycles. The summed E-state index contributed by atoms with van der Waals surface area (Å²) in [5.41, 5.74) is 3.58. The van der Waals surface area contributed by atoms with Crippen LogP contribution in [0.1, 0.15) is 16.1 Å². The fraction of sp³-hybridized carbons (Fsp3) is 0.0556. The normalized spacial score (nSPS) is 11.1. The first kappa shape index (κ1) is 17.9. The van der Waals surface area contributed by atoms with Gasteiger partial charge in [-0.15, -0.1) is 11.3 Å². The number of fused-ring (bicyclic) bond motifs is 1. The Bertz CT molecular complexity index is 1190. The van der Waals surface area contributed by atoms with E-state index in [1.807, 2.05) is 36.6 Å². The summed E-state index contributed by atoms with van der Waals surface area (Å²) < 4.78 is 13.6. The predicted molar refractivity (Wildman–Crippen MR) is 106 cm³/mol. The maximum absolute atomic E-state index is 13.6. The number of carbonyl (C=O) groups is 1. The van der Waals surface area contributed by atoms with E-state index in [0.717, 1.165) is 33.9 Å². The minimum Gasteiger partial charge on any atom is -0.358 e. The molecule has 0 fully saturated rings. The molecule has 0 radical (unpaired) electrons. The van der Waals surface area contributed by atoms with Gasteiger partial charge in [-0.2, -0.15) is 0 Å². The lowest BCUT2D eigenvalue weighted by molar-refractivity contribution is 0.102. The SMILES string of the molecule is Cc1[nH]c2ccccc2c1-c1csc(NC(=O)c2cc(F)c(Cl)nc2Cl)n1. The van der Waals surface area contributed by atoms with Crippen molar-refractivity contribution in [3.63, 3.8) is 0 Å². The lowest BCUT2D eigenvalue weighted by Gasteiger charge is -2.04. The quantitative estimate of drug-likeness (QED) is 0.418. The number of halogens is 3. The van der Waals surface area contributed by atoms with Crippen LogP contribution in [-0.4, -0.2) is 20.9 Å². The molecule has 4 rings (SSSR count). The highest BCUT2D eigenvalue weighted by atomic mass is 35.5. The third-order valence-corrected chi connectivity index (χ3v) is 5.32. The molecule has 0 aliphatic heterocycles. The number of pyridine rings is 1. The van der Waals surface area contributed by atoms with E-state index in [1.165, 1.54) is 11.3 Å². The van der Waals surface area contributed by atoms with E-state index in [-0.39, 0.29) is 15.9 Å². The molecule has 0 aliphatic carbocycles. The monoisotopic (exact) mass is 420 g/mol. The van der Waals surface area contributed by atoms with E-state index in [4.69, 9.17) is 23.2 Å². The average Bonchev–Trinajstić information content (AvgIpc) is 3.20. The van der Waals surface area contributed by atoms with E-state index in [9.17, 15) is 9.18 Å². The summed E-state index contributed by atoms with van der Waals surface area (Å²) >= 11 is 12.7. The van der Waals surface area contributed by atoms with Gasteiger partial charge in [-0.05, 0) is 19.1 Å². The topological polar surface area (TPSA) is 70.7 Å². The number of benzene rings is 1. The first-order chi connectivity index (χ1) is 12.9. The van der Waals surface area contributed by atoms with Crippen LogP contribution in [0.15, 0.2) is 35.7 Å².